The molecule has 1 amide bonds. The summed E-state index contributed by atoms with van der Waals surface area (Å²) in [6.07, 6.45) is 0.478. The molecule has 0 fully saturated rings. The van der Waals surface area contributed by atoms with E-state index in [4.69, 9.17) is 10.8 Å². The number of primary amides is 1. The SMILES string of the molecule is CC(C)CN(CC(N)=O)Cc1sccc1C#CCCO. The molecule has 3 N–H and O–H groups in total. The maximum atomic E-state index is 11.1. The Hall–Kier alpha value is -1.35. The summed E-state index contributed by atoms with van der Waals surface area (Å²) in [5.41, 5.74) is 6.28. The van der Waals surface area contributed by atoms with Gasteiger partial charge in [0.1, 0.15) is 0 Å². The molecule has 1 rings (SSSR count). The van der Waals surface area contributed by atoms with Crippen LogP contribution in [-0.2, 0) is 11.3 Å². The van der Waals surface area contributed by atoms with Gasteiger partial charge in [0.15, 0.2) is 0 Å². The van der Waals surface area contributed by atoms with Crippen molar-refractivity contribution in [2.75, 3.05) is 19.7 Å². The molecule has 0 radical (unpaired) electrons. The average Bonchev–Trinajstić information content (AvgIpc) is 2.75. The number of aliphatic hydroxyl groups excluding tert-OH is 1. The number of amides is 1. The lowest BCUT2D eigenvalue weighted by Gasteiger charge is -2.22. The van der Waals surface area contributed by atoms with E-state index >= 15 is 0 Å². The van der Waals surface area contributed by atoms with Crippen LogP contribution in [-0.4, -0.2) is 35.6 Å². The van der Waals surface area contributed by atoms with Crippen LogP contribution >= 0.6 is 11.3 Å². The van der Waals surface area contributed by atoms with Crippen LogP contribution in [0.15, 0.2) is 11.4 Å². The fourth-order valence-electron chi connectivity index (χ4n) is 1.91. The Morgan fingerprint density at radius 1 is 1.55 bits per heavy atom. The van der Waals surface area contributed by atoms with Crippen LogP contribution in [0.1, 0.15) is 30.7 Å². The van der Waals surface area contributed by atoms with Crippen LogP contribution in [0.3, 0.4) is 0 Å². The molecule has 20 heavy (non-hydrogen) atoms. The summed E-state index contributed by atoms with van der Waals surface area (Å²) < 4.78 is 0. The highest BCUT2D eigenvalue weighted by atomic mass is 32.1. The van der Waals surface area contributed by atoms with Crippen molar-refractivity contribution in [3.05, 3.63) is 21.9 Å². The quantitative estimate of drug-likeness (QED) is 0.748. The van der Waals surface area contributed by atoms with Crippen molar-refractivity contribution in [2.45, 2.75) is 26.8 Å². The second kappa shape index (κ2) is 8.75. The molecule has 0 spiro atoms. The summed E-state index contributed by atoms with van der Waals surface area (Å²) in [5, 5.41) is 10.7. The molecule has 1 heterocycles. The fraction of sp³-hybridized carbons (Fsp3) is 0.533. The maximum absolute atomic E-state index is 11.1. The van der Waals surface area contributed by atoms with Crippen molar-refractivity contribution in [3.8, 4) is 11.8 Å². The first-order valence-corrected chi connectivity index (χ1v) is 7.57. The van der Waals surface area contributed by atoms with Gasteiger partial charge >= 0.3 is 0 Å². The van der Waals surface area contributed by atoms with E-state index in [1.54, 1.807) is 11.3 Å². The summed E-state index contributed by atoms with van der Waals surface area (Å²) in [7, 11) is 0. The highest BCUT2D eigenvalue weighted by molar-refractivity contribution is 7.10. The number of nitrogens with two attached hydrogens (primary N) is 1. The summed E-state index contributed by atoms with van der Waals surface area (Å²) in [4.78, 5) is 14.3. The van der Waals surface area contributed by atoms with Crippen LogP contribution < -0.4 is 5.73 Å². The van der Waals surface area contributed by atoms with Crippen LogP contribution in [0.2, 0.25) is 0 Å². The molecule has 0 aliphatic heterocycles. The van der Waals surface area contributed by atoms with Crippen molar-refractivity contribution in [2.24, 2.45) is 11.7 Å². The van der Waals surface area contributed by atoms with Gasteiger partial charge in [0.2, 0.25) is 5.91 Å². The van der Waals surface area contributed by atoms with Gasteiger partial charge in [0.25, 0.3) is 0 Å². The van der Waals surface area contributed by atoms with Crippen LogP contribution in [0, 0.1) is 17.8 Å². The zero-order valence-electron chi connectivity index (χ0n) is 12.1. The monoisotopic (exact) mass is 294 g/mol. The van der Waals surface area contributed by atoms with Gasteiger partial charge in [0.05, 0.1) is 13.2 Å². The minimum absolute atomic E-state index is 0.0770. The van der Waals surface area contributed by atoms with Gasteiger partial charge in [-0.15, -0.1) is 11.3 Å². The number of nitrogens with zero attached hydrogens (tertiary/aromatic N) is 1. The molecule has 0 bridgehead atoms. The molecule has 110 valence electrons. The lowest BCUT2D eigenvalue weighted by atomic mass is 10.2. The zero-order chi connectivity index (χ0) is 15.0. The van der Waals surface area contributed by atoms with E-state index in [2.05, 4.69) is 30.6 Å². The van der Waals surface area contributed by atoms with Gasteiger partial charge < -0.3 is 10.8 Å². The number of hydrogen-bond acceptors (Lipinski definition) is 4. The van der Waals surface area contributed by atoms with E-state index in [1.807, 2.05) is 11.4 Å². The lowest BCUT2D eigenvalue weighted by molar-refractivity contribution is -0.119. The number of rotatable bonds is 7. The van der Waals surface area contributed by atoms with Gasteiger partial charge in [-0.2, -0.15) is 0 Å². The van der Waals surface area contributed by atoms with Gasteiger partial charge in [0, 0.05) is 30.0 Å². The van der Waals surface area contributed by atoms with Crippen molar-refractivity contribution >= 4 is 17.2 Å². The molecule has 5 heteroatoms. The first-order valence-electron chi connectivity index (χ1n) is 6.69. The zero-order valence-corrected chi connectivity index (χ0v) is 12.9. The fourth-order valence-corrected chi connectivity index (χ4v) is 2.78. The maximum Gasteiger partial charge on any atom is 0.231 e. The summed E-state index contributed by atoms with van der Waals surface area (Å²) >= 11 is 1.63. The van der Waals surface area contributed by atoms with E-state index in [0.29, 0.717) is 18.9 Å². The van der Waals surface area contributed by atoms with Crippen molar-refractivity contribution < 1.29 is 9.90 Å². The number of carbonyl (C=O) groups is 1. The Labute approximate surface area is 124 Å². The first-order chi connectivity index (χ1) is 9.52. The van der Waals surface area contributed by atoms with Crippen LogP contribution in [0.25, 0.3) is 0 Å². The Kier molecular flexibility index (Phi) is 7.31. The van der Waals surface area contributed by atoms with Crippen molar-refractivity contribution in [3.63, 3.8) is 0 Å². The third-order valence-electron chi connectivity index (χ3n) is 2.58. The third-order valence-corrected chi connectivity index (χ3v) is 3.48. The minimum atomic E-state index is -0.310. The molecule has 1 aromatic rings. The Morgan fingerprint density at radius 2 is 2.30 bits per heavy atom. The Morgan fingerprint density at radius 3 is 2.90 bits per heavy atom. The molecule has 0 aliphatic carbocycles. The number of thiophene rings is 1. The number of carbonyl (C=O) groups excluding carboxylic acids is 1. The van der Waals surface area contributed by atoms with E-state index in [0.717, 1.165) is 17.0 Å². The average molecular weight is 294 g/mol. The predicted octanol–water partition coefficient (Wildman–Crippen LogP) is 1.43. The third kappa shape index (κ3) is 6.20. The molecular weight excluding hydrogens is 272 g/mol. The molecule has 0 unspecified atom stereocenters. The highest BCUT2D eigenvalue weighted by Crippen LogP contribution is 2.18. The van der Waals surface area contributed by atoms with E-state index in [-0.39, 0.29) is 19.1 Å². The van der Waals surface area contributed by atoms with Crippen molar-refractivity contribution in [1.82, 2.24) is 4.90 Å². The number of aliphatic hydroxyl groups is 1. The predicted molar refractivity (Wildman–Crippen MR) is 82.2 cm³/mol. The summed E-state index contributed by atoms with van der Waals surface area (Å²) in [5.74, 6) is 6.15. The van der Waals surface area contributed by atoms with Gasteiger partial charge in [-0.05, 0) is 17.4 Å². The standard InChI is InChI=1S/C15H22N2O2S/c1-12(2)9-17(11-15(16)19)10-14-13(6-8-20-14)5-3-4-7-18/h6,8,12,18H,4,7,9-11H2,1-2H3,(H2,16,19). The topological polar surface area (TPSA) is 66.6 Å². The second-order valence-electron chi connectivity index (χ2n) is 5.06. The molecule has 0 saturated carbocycles. The minimum Gasteiger partial charge on any atom is -0.395 e. The molecule has 1 aromatic heterocycles. The molecule has 4 nitrogen and oxygen atoms in total. The smallest absolute Gasteiger partial charge is 0.231 e. The summed E-state index contributed by atoms with van der Waals surface area (Å²) in [6, 6.07) is 1.97. The van der Waals surface area contributed by atoms with E-state index < -0.39 is 0 Å². The Bertz CT molecular complexity index is 486. The second-order valence-corrected chi connectivity index (χ2v) is 6.06. The van der Waals surface area contributed by atoms with E-state index in [1.165, 1.54) is 0 Å². The van der Waals surface area contributed by atoms with E-state index in [9.17, 15) is 4.79 Å². The summed E-state index contributed by atoms with van der Waals surface area (Å²) in [6.45, 7) is 6.08. The molecule has 0 aliphatic rings. The van der Waals surface area contributed by atoms with Gasteiger partial charge in [-0.1, -0.05) is 25.7 Å². The first kappa shape index (κ1) is 16.7. The lowest BCUT2D eigenvalue weighted by Crippen LogP contribution is -2.35. The number of hydrogen-bond donors (Lipinski definition) is 2. The molecule has 0 aromatic carbocycles. The van der Waals surface area contributed by atoms with Crippen molar-refractivity contribution in [1.29, 1.82) is 0 Å². The van der Waals surface area contributed by atoms with Gasteiger partial charge in [-0.3, -0.25) is 9.69 Å². The molecular formula is C15H22N2O2S. The van der Waals surface area contributed by atoms with Crippen LogP contribution in [0.5, 0.6) is 0 Å². The Balaban J connectivity index is 2.75. The highest BCUT2D eigenvalue weighted by Gasteiger charge is 2.13. The van der Waals surface area contributed by atoms with Crippen LogP contribution in [0.4, 0.5) is 0 Å². The molecule has 0 saturated heterocycles. The largest absolute Gasteiger partial charge is 0.395 e. The van der Waals surface area contributed by atoms with Gasteiger partial charge in [-0.25, -0.2) is 0 Å². The normalized spacial score (nSPS) is 10.7. The molecule has 0 atom stereocenters.